The molecule has 6 N–H and O–H groups in total. The number of oxazole rings is 1. The fourth-order valence-electron chi connectivity index (χ4n) is 6.86. The molecule has 0 unspecified atom stereocenters. The lowest BCUT2D eigenvalue weighted by Crippen LogP contribution is -2.40. The zero-order valence-electron chi connectivity index (χ0n) is 83.0. The van der Waals surface area contributed by atoms with Crippen molar-refractivity contribution in [3.05, 3.63) is 305 Å². The van der Waals surface area contributed by atoms with Gasteiger partial charge in [-0.15, -0.1) is 11.3 Å². The molecule has 4 saturated heterocycles. The van der Waals surface area contributed by atoms with Crippen LogP contribution in [0.2, 0.25) is 0 Å². The minimum absolute atomic E-state index is 0.913. The molecule has 18 rings (SSSR count). The second-order valence-corrected chi connectivity index (χ2v) is 21.2. The molecule has 1 aromatic carbocycles. The number of hydrogen-bond donors (Lipinski definition) is 6. The molecule has 17 heterocycles. The number of imidazole rings is 1. The van der Waals surface area contributed by atoms with Crippen molar-refractivity contribution < 1.29 is 18.1 Å². The maximum absolute atomic E-state index is 5.10. The van der Waals surface area contributed by atoms with Crippen molar-refractivity contribution in [3.8, 4) is 0 Å². The summed E-state index contributed by atoms with van der Waals surface area (Å²) in [6.07, 6.45) is 52.1. The number of benzene rings is 1. The van der Waals surface area contributed by atoms with Gasteiger partial charge < -0.3 is 58.4 Å². The van der Waals surface area contributed by atoms with Gasteiger partial charge in [0.1, 0.15) is 18.9 Å². The number of piperazine rings is 1. The summed E-state index contributed by atoms with van der Waals surface area (Å²) < 4.78 is 18.5. The van der Waals surface area contributed by atoms with Gasteiger partial charge in [-0.05, 0) is 168 Å². The number of nitrogens with one attached hydrogen (secondary N) is 6. The summed E-state index contributed by atoms with van der Waals surface area (Å²) in [6.45, 7) is 65.9. The van der Waals surface area contributed by atoms with Crippen LogP contribution in [0.4, 0.5) is 0 Å². The van der Waals surface area contributed by atoms with Gasteiger partial charge in [0.05, 0.1) is 50.0 Å². The highest BCUT2D eigenvalue weighted by atomic mass is 32.1. The van der Waals surface area contributed by atoms with Crippen molar-refractivity contribution in [3.63, 3.8) is 0 Å². The van der Waals surface area contributed by atoms with Crippen molar-refractivity contribution in [2.24, 2.45) is 0 Å². The number of aromatic nitrogens is 16. The topological polar surface area (TPSA) is 300 Å². The average Bonchev–Trinajstić information content (AvgIpc) is 1.74. The number of H-pyrrole nitrogens is 4. The van der Waals surface area contributed by atoms with Gasteiger partial charge in [-0.25, -0.2) is 19.9 Å². The number of nitrogens with zero attached hydrogens (tertiary/aromatic N) is 15. The number of rotatable bonds is 0. The number of para-hydroxylation sites is 1. The molecule has 125 heavy (non-hydrogen) atoms. The Morgan fingerprint density at radius 1 is 0.320 bits per heavy atom. The summed E-state index contributed by atoms with van der Waals surface area (Å²) in [5.74, 6) is 0. The van der Waals surface area contributed by atoms with Crippen LogP contribution in [0.5, 0.6) is 0 Å². The number of thiazole rings is 1. The largest absolute Gasteiger partial charge is 0.473 e. The molecule has 4 aliphatic rings. The predicted octanol–water partition coefficient (Wildman–Crippen LogP) is 26.3. The van der Waals surface area contributed by atoms with E-state index < -0.39 is 0 Å². The van der Waals surface area contributed by atoms with E-state index in [0.717, 1.165) is 39.4 Å². The lowest BCUT2D eigenvalue weighted by atomic mass is 10.1. The normalized spacial score (nSPS) is 10.7. The first-order valence-corrected chi connectivity index (χ1v) is 46.9. The molecule has 0 atom stereocenters. The summed E-state index contributed by atoms with van der Waals surface area (Å²) in [5, 5.41) is 30.4. The molecule has 0 aliphatic carbocycles. The Balaban J connectivity index is -0.000000107. The standard InChI is InChI=1S/C8H7N.C6H13N.C5H12N2.C5H11NO.C5H5N.3C4H4N2.C4H9N.C4H5N.C4H4O.C4H4S.2C3H4N2.2C3H3NO.C3H3NS.13C2H6/c1-2-4-8-7(3-1)5-6-9-8;1-7-5-3-2-4-6-7;1-7-4-2-6-3-5-7;1-6-2-4-7-5-3-6;1-2-4-6-5-3-1;1-2-6-4-3-5-1;1-2-5-4-6-3-1;1-2-4-6-5-3-1;4*1-2-4-5-3-1;1-2-5-3-4-1;1-2-4-5-3-1;1-2-5-3-4-1;1-2-4-5-3-1;1-2-5-3-4-1;13*1-2/h1-6,9H;2-6H2,1H3;6H,2-5H2,1H3;2-5H2,1H3;1-5H;3*1-4H;5H,1-4H2;1-5H;2*1-4H;2*1-3H,(H,4,5);3*1-3H;13*1-2H3. The smallest absolute Gasteiger partial charge is 0.180 e. The highest BCUT2D eigenvalue weighted by Gasteiger charge is 2.03. The van der Waals surface area contributed by atoms with Crippen molar-refractivity contribution in [1.82, 2.24) is 106 Å². The van der Waals surface area contributed by atoms with Gasteiger partial charge in [-0.3, -0.25) is 25.0 Å². The summed E-state index contributed by atoms with van der Waals surface area (Å²) >= 11 is 3.31. The van der Waals surface area contributed by atoms with Gasteiger partial charge in [-0.2, -0.15) is 26.6 Å². The van der Waals surface area contributed by atoms with Crippen LogP contribution in [0.15, 0.2) is 318 Å². The van der Waals surface area contributed by atoms with Gasteiger partial charge in [-0.1, -0.05) is 228 Å². The molecular formula is C98H177N21O4S2. The maximum atomic E-state index is 5.10. The van der Waals surface area contributed by atoms with Crippen LogP contribution in [0.1, 0.15) is 212 Å². The van der Waals surface area contributed by atoms with E-state index in [0.29, 0.717) is 0 Å². The number of piperidine rings is 1. The lowest BCUT2D eigenvalue weighted by molar-refractivity contribution is 0.0503. The van der Waals surface area contributed by atoms with Crippen LogP contribution in [0, 0.1) is 0 Å². The minimum Gasteiger partial charge on any atom is -0.473 e. The molecule has 710 valence electrons. The van der Waals surface area contributed by atoms with Gasteiger partial charge in [0, 0.05) is 162 Å². The third-order valence-corrected chi connectivity index (χ3v) is 12.9. The van der Waals surface area contributed by atoms with E-state index >= 15 is 0 Å². The van der Waals surface area contributed by atoms with Crippen LogP contribution in [-0.4, -0.2) is 195 Å². The van der Waals surface area contributed by atoms with Crippen LogP contribution in [0.3, 0.4) is 0 Å². The Labute approximate surface area is 769 Å². The molecule has 14 aromatic rings. The monoisotopic (exact) mass is 1780 g/mol. The Hall–Kier alpha value is -10.4. The Morgan fingerprint density at radius 2 is 0.832 bits per heavy atom. The van der Waals surface area contributed by atoms with Crippen LogP contribution < -0.4 is 10.6 Å². The van der Waals surface area contributed by atoms with E-state index in [-0.39, 0.29) is 0 Å². The number of ether oxygens (including phenoxy) is 1. The summed E-state index contributed by atoms with van der Waals surface area (Å²) in [6, 6.07) is 36.6. The maximum Gasteiger partial charge on any atom is 0.180 e. The van der Waals surface area contributed by atoms with Gasteiger partial charge >= 0.3 is 0 Å². The van der Waals surface area contributed by atoms with Crippen molar-refractivity contribution >= 4 is 33.6 Å². The minimum atomic E-state index is 0.913. The second-order valence-electron chi connectivity index (χ2n) is 19.6. The molecule has 25 nitrogen and oxygen atoms in total. The number of hydrogen-bond acceptors (Lipinski definition) is 23. The highest BCUT2D eigenvalue weighted by Crippen LogP contribution is 2.09. The Kier molecular flexibility index (Phi) is 177. The van der Waals surface area contributed by atoms with Crippen LogP contribution in [0.25, 0.3) is 10.9 Å². The van der Waals surface area contributed by atoms with Crippen LogP contribution >= 0.6 is 22.7 Å². The van der Waals surface area contributed by atoms with E-state index in [9.17, 15) is 0 Å². The molecular weight excluding hydrogens is 1600 g/mol. The fraction of sp³-hybridized carbons (Fsp3) is 0.469. The number of pyridine rings is 1. The predicted molar refractivity (Wildman–Crippen MR) is 544 cm³/mol. The quantitative estimate of drug-likeness (QED) is 0.0822. The van der Waals surface area contributed by atoms with E-state index in [2.05, 4.69) is 158 Å². The number of thiophene rings is 1. The Morgan fingerprint density at radius 3 is 1.05 bits per heavy atom. The van der Waals surface area contributed by atoms with E-state index in [1.54, 1.807) is 165 Å². The van der Waals surface area contributed by atoms with E-state index in [1.807, 2.05) is 300 Å². The van der Waals surface area contributed by atoms with Gasteiger partial charge in [0.2, 0.25) is 0 Å². The second kappa shape index (κ2) is 158. The average molecular weight is 1780 g/mol. The molecule has 13 aromatic heterocycles. The summed E-state index contributed by atoms with van der Waals surface area (Å²) in [5.41, 5.74) is 3.00. The molecule has 0 radical (unpaired) electrons. The summed E-state index contributed by atoms with van der Waals surface area (Å²) in [7, 11) is 6.46. The van der Waals surface area contributed by atoms with Gasteiger partial charge in [0.15, 0.2) is 6.39 Å². The van der Waals surface area contributed by atoms with Crippen LogP contribution in [-0.2, 0) is 4.74 Å². The molecule has 27 heteroatoms. The third kappa shape index (κ3) is 143. The van der Waals surface area contributed by atoms with E-state index in [1.165, 1.54) is 108 Å². The first kappa shape index (κ1) is 141. The molecule has 0 saturated carbocycles. The highest BCUT2D eigenvalue weighted by molar-refractivity contribution is 7.07. The molecule has 4 fully saturated rings. The zero-order valence-corrected chi connectivity index (χ0v) is 84.7. The zero-order chi connectivity index (χ0) is 96.2. The van der Waals surface area contributed by atoms with E-state index in [4.69, 9.17) is 4.74 Å². The molecule has 4 aliphatic heterocycles. The van der Waals surface area contributed by atoms with Crippen molar-refractivity contribution in [2.75, 3.05) is 99.8 Å². The van der Waals surface area contributed by atoms with Crippen molar-refractivity contribution in [1.29, 1.82) is 0 Å². The third-order valence-electron chi connectivity index (χ3n) is 11.8. The number of fused-ring (bicyclic) bond motifs is 1. The fourth-order valence-corrected chi connectivity index (χ4v) is 7.67. The number of likely N-dealkylation sites (N-methyl/N-ethyl adjacent to an activating group) is 2. The number of aromatic amines is 4. The molecule has 0 amide bonds. The summed E-state index contributed by atoms with van der Waals surface area (Å²) in [4.78, 5) is 45.3. The van der Waals surface area contributed by atoms with Gasteiger partial charge in [0.25, 0.3) is 0 Å². The number of morpholine rings is 1. The van der Waals surface area contributed by atoms with Crippen molar-refractivity contribution in [2.45, 2.75) is 212 Å². The molecule has 0 bridgehead atoms. The number of furan rings is 1. The first-order valence-electron chi connectivity index (χ1n) is 45.1. The first-order chi connectivity index (χ1) is 62.1. The number of likely N-dealkylation sites (tertiary alicyclic amines) is 1. The Bertz CT molecular complexity index is 2620. The SMILES string of the molecule is C1CCNC1.CC.CC.CC.CC.CC.CC.CC.CC.CC.CC.CC.CC.CC.CN1CCCCC1.CN1CCNCC1.CN1CCOCC1.c1c[nH]cn1.c1cc[nH]c1.c1ccc2[nH]ccc2c1.c1ccncc1.c1ccnnc1.c1ccoc1.c1ccsc1.c1cn[nH]c1.c1cnccn1.c1cncnc1.c1cnoc1.c1cocn1.c1cscn1. The molecule has 0 spiro atoms. The lowest BCUT2D eigenvalue weighted by Gasteiger charge is -2.21.